The zero-order chi connectivity index (χ0) is 11.8. The van der Waals surface area contributed by atoms with Crippen LogP contribution in [-0.4, -0.2) is 22.4 Å². The van der Waals surface area contributed by atoms with E-state index in [-0.39, 0.29) is 11.5 Å². The monoisotopic (exact) mass is 202 g/mol. The first-order valence-corrected chi connectivity index (χ1v) is 5.28. The Bertz CT molecular complexity index is 181. The molecule has 1 N–H and O–H groups in total. The lowest BCUT2D eigenvalue weighted by molar-refractivity contribution is -0.189. The first kappa shape index (κ1) is 13.9. The van der Waals surface area contributed by atoms with Gasteiger partial charge in [-0.05, 0) is 40.0 Å². The molecule has 0 rings (SSSR count). The van der Waals surface area contributed by atoms with Crippen molar-refractivity contribution in [2.24, 2.45) is 5.41 Å². The molecule has 0 fully saturated rings. The van der Waals surface area contributed by atoms with Gasteiger partial charge < -0.3 is 9.84 Å². The Morgan fingerprint density at radius 2 is 1.29 bits per heavy atom. The topological polar surface area (TPSA) is 29.5 Å². The summed E-state index contributed by atoms with van der Waals surface area (Å²) >= 11 is 0. The van der Waals surface area contributed by atoms with Gasteiger partial charge in [-0.25, -0.2) is 0 Å². The summed E-state index contributed by atoms with van der Waals surface area (Å²) in [4.78, 5) is 0. The van der Waals surface area contributed by atoms with E-state index in [1.807, 2.05) is 20.8 Å². The van der Waals surface area contributed by atoms with Crippen molar-refractivity contribution in [1.29, 1.82) is 0 Å². The largest absolute Gasteiger partial charge is 0.387 e. The smallest absolute Gasteiger partial charge is 0.0910 e. The third kappa shape index (κ3) is 3.58. The molecule has 0 aliphatic rings. The third-order valence-electron chi connectivity index (χ3n) is 3.16. The van der Waals surface area contributed by atoms with Crippen LogP contribution in [0.3, 0.4) is 0 Å². The molecule has 0 saturated heterocycles. The van der Waals surface area contributed by atoms with Crippen molar-refractivity contribution >= 4 is 0 Å². The van der Waals surface area contributed by atoms with E-state index in [0.717, 1.165) is 0 Å². The molecule has 0 spiro atoms. The quantitative estimate of drug-likeness (QED) is 0.762. The second-order valence-electron chi connectivity index (χ2n) is 6.20. The average molecular weight is 202 g/mol. The van der Waals surface area contributed by atoms with E-state index in [2.05, 4.69) is 20.8 Å². The molecule has 0 aromatic heterocycles. The molecule has 2 heteroatoms. The fraction of sp³-hybridized carbons (Fsp3) is 1.00. The molecule has 1 atom stereocenters. The Morgan fingerprint density at radius 3 is 1.50 bits per heavy atom. The van der Waals surface area contributed by atoms with Crippen LogP contribution in [-0.2, 0) is 4.74 Å². The van der Waals surface area contributed by atoms with Gasteiger partial charge in [-0.2, -0.15) is 0 Å². The maximum absolute atomic E-state index is 9.94. The van der Waals surface area contributed by atoms with Crippen molar-refractivity contribution in [2.75, 3.05) is 0 Å². The summed E-state index contributed by atoms with van der Waals surface area (Å²) in [6, 6.07) is 0. The Hall–Kier alpha value is -0.0800. The Balaban J connectivity index is 4.53. The normalized spacial score (nSPS) is 16.9. The standard InChI is InChI=1S/C12H26O2/c1-9(10(2,3)4)14-12(7,8)11(5,6)13/h9,13H,1-8H3. The lowest BCUT2D eigenvalue weighted by Crippen LogP contribution is -2.50. The van der Waals surface area contributed by atoms with Gasteiger partial charge in [0, 0.05) is 0 Å². The van der Waals surface area contributed by atoms with Crippen molar-refractivity contribution in [3.05, 3.63) is 0 Å². The molecule has 14 heavy (non-hydrogen) atoms. The van der Waals surface area contributed by atoms with Crippen molar-refractivity contribution in [2.45, 2.75) is 72.7 Å². The maximum atomic E-state index is 9.94. The lowest BCUT2D eigenvalue weighted by atomic mass is 9.86. The SMILES string of the molecule is CC(OC(C)(C)C(C)(C)O)C(C)(C)C. The van der Waals surface area contributed by atoms with Gasteiger partial charge >= 0.3 is 0 Å². The Morgan fingerprint density at radius 1 is 0.929 bits per heavy atom. The summed E-state index contributed by atoms with van der Waals surface area (Å²) in [5.41, 5.74) is -1.26. The molecular weight excluding hydrogens is 176 g/mol. The van der Waals surface area contributed by atoms with Crippen LogP contribution in [0.1, 0.15) is 55.4 Å². The Labute approximate surface area is 88.7 Å². The van der Waals surface area contributed by atoms with Gasteiger partial charge in [-0.1, -0.05) is 20.8 Å². The van der Waals surface area contributed by atoms with Gasteiger partial charge in [0.25, 0.3) is 0 Å². The number of hydrogen-bond donors (Lipinski definition) is 1. The molecule has 2 nitrogen and oxygen atoms in total. The van der Waals surface area contributed by atoms with Crippen LogP contribution in [0.15, 0.2) is 0 Å². The molecule has 0 saturated carbocycles. The van der Waals surface area contributed by atoms with Gasteiger partial charge in [0.05, 0.1) is 17.3 Å². The summed E-state index contributed by atoms with van der Waals surface area (Å²) in [5.74, 6) is 0. The van der Waals surface area contributed by atoms with E-state index in [1.165, 1.54) is 0 Å². The molecule has 0 heterocycles. The summed E-state index contributed by atoms with van der Waals surface area (Å²) in [6.45, 7) is 15.9. The molecule has 0 aliphatic heterocycles. The van der Waals surface area contributed by atoms with Crippen LogP contribution in [0.4, 0.5) is 0 Å². The zero-order valence-corrected chi connectivity index (χ0v) is 10.9. The minimum absolute atomic E-state index is 0.0997. The van der Waals surface area contributed by atoms with Crippen LogP contribution in [0, 0.1) is 5.41 Å². The summed E-state index contributed by atoms with van der Waals surface area (Å²) in [7, 11) is 0. The van der Waals surface area contributed by atoms with Crippen LogP contribution in [0.5, 0.6) is 0 Å². The van der Waals surface area contributed by atoms with E-state index >= 15 is 0 Å². The summed E-state index contributed by atoms with van der Waals surface area (Å²) < 4.78 is 5.92. The second kappa shape index (κ2) is 3.82. The Kier molecular flexibility index (Phi) is 3.80. The van der Waals surface area contributed by atoms with Crippen molar-refractivity contribution in [3.8, 4) is 0 Å². The van der Waals surface area contributed by atoms with E-state index in [9.17, 15) is 5.11 Å². The maximum Gasteiger partial charge on any atom is 0.0910 e. The first-order valence-electron chi connectivity index (χ1n) is 5.28. The highest BCUT2D eigenvalue weighted by Crippen LogP contribution is 2.31. The van der Waals surface area contributed by atoms with Gasteiger partial charge in [-0.3, -0.25) is 0 Å². The number of ether oxygens (including phenoxy) is 1. The van der Waals surface area contributed by atoms with Crippen molar-refractivity contribution < 1.29 is 9.84 Å². The van der Waals surface area contributed by atoms with E-state index < -0.39 is 11.2 Å². The predicted octanol–water partition coefficient (Wildman–Crippen LogP) is 2.99. The summed E-state index contributed by atoms with van der Waals surface area (Å²) in [5, 5.41) is 9.94. The molecule has 0 radical (unpaired) electrons. The minimum atomic E-state index is -0.827. The van der Waals surface area contributed by atoms with Crippen LogP contribution in [0.25, 0.3) is 0 Å². The van der Waals surface area contributed by atoms with E-state index in [0.29, 0.717) is 0 Å². The molecule has 0 aromatic carbocycles. The van der Waals surface area contributed by atoms with Crippen molar-refractivity contribution in [1.82, 2.24) is 0 Å². The van der Waals surface area contributed by atoms with Crippen LogP contribution >= 0.6 is 0 Å². The number of hydrogen-bond acceptors (Lipinski definition) is 2. The third-order valence-corrected chi connectivity index (χ3v) is 3.16. The van der Waals surface area contributed by atoms with Gasteiger partial charge in [-0.15, -0.1) is 0 Å². The minimum Gasteiger partial charge on any atom is -0.387 e. The van der Waals surface area contributed by atoms with Gasteiger partial charge in [0.2, 0.25) is 0 Å². The molecule has 1 unspecified atom stereocenters. The highest BCUT2D eigenvalue weighted by molar-refractivity contribution is 4.89. The van der Waals surface area contributed by atoms with E-state index in [1.54, 1.807) is 13.8 Å². The molecular formula is C12H26O2. The van der Waals surface area contributed by atoms with Crippen LogP contribution in [0.2, 0.25) is 0 Å². The molecule has 86 valence electrons. The average Bonchev–Trinajstić information content (AvgIpc) is 1.80. The van der Waals surface area contributed by atoms with Crippen molar-refractivity contribution in [3.63, 3.8) is 0 Å². The first-order chi connectivity index (χ1) is 5.88. The second-order valence-corrected chi connectivity index (χ2v) is 6.20. The molecule has 0 aromatic rings. The number of rotatable bonds is 3. The summed E-state index contributed by atoms with van der Waals surface area (Å²) in [6.07, 6.45) is 0.115. The fourth-order valence-electron chi connectivity index (χ4n) is 0.763. The predicted molar refractivity (Wildman–Crippen MR) is 60.4 cm³/mol. The fourth-order valence-corrected chi connectivity index (χ4v) is 0.763. The van der Waals surface area contributed by atoms with Crippen LogP contribution < -0.4 is 0 Å². The van der Waals surface area contributed by atoms with Gasteiger partial charge in [0.1, 0.15) is 0 Å². The lowest BCUT2D eigenvalue weighted by Gasteiger charge is -2.42. The highest BCUT2D eigenvalue weighted by Gasteiger charge is 2.39. The van der Waals surface area contributed by atoms with Gasteiger partial charge in [0.15, 0.2) is 0 Å². The molecule has 0 bridgehead atoms. The molecule has 0 amide bonds. The number of aliphatic hydroxyl groups is 1. The molecule has 0 aliphatic carbocycles. The zero-order valence-electron chi connectivity index (χ0n) is 10.9. The van der Waals surface area contributed by atoms with E-state index in [4.69, 9.17) is 4.74 Å². The highest BCUT2D eigenvalue weighted by atomic mass is 16.5.